The summed E-state index contributed by atoms with van der Waals surface area (Å²) in [5.74, 6) is -0.983. The lowest BCUT2D eigenvalue weighted by atomic mass is 9.98. The third-order valence-electron chi connectivity index (χ3n) is 4.80. The fraction of sp³-hybridized carbons (Fsp3) is 0.227. The lowest BCUT2D eigenvalue weighted by molar-refractivity contribution is -0.118. The van der Waals surface area contributed by atoms with Crippen LogP contribution in [0.15, 0.2) is 47.3 Å². The molecule has 0 radical (unpaired) electrons. The molecule has 0 aliphatic rings. The number of pyridine rings is 1. The van der Waals surface area contributed by atoms with E-state index in [0.29, 0.717) is 17.0 Å². The van der Waals surface area contributed by atoms with E-state index >= 15 is 0 Å². The molecule has 0 fully saturated rings. The van der Waals surface area contributed by atoms with Gasteiger partial charge in [0.1, 0.15) is 11.7 Å². The van der Waals surface area contributed by atoms with Crippen molar-refractivity contribution in [2.24, 2.45) is 5.92 Å². The molecule has 1 unspecified atom stereocenters. The van der Waals surface area contributed by atoms with E-state index in [0.717, 1.165) is 22.0 Å². The van der Waals surface area contributed by atoms with Gasteiger partial charge >= 0.3 is 0 Å². The van der Waals surface area contributed by atoms with Gasteiger partial charge in [-0.25, -0.2) is 0 Å². The number of aromatic nitrogens is 1. The topological polar surface area (TPSA) is 95.0 Å². The lowest BCUT2D eigenvalue weighted by Gasteiger charge is -2.13. The van der Waals surface area contributed by atoms with E-state index in [-0.39, 0.29) is 12.0 Å². The summed E-state index contributed by atoms with van der Waals surface area (Å²) < 4.78 is 5.21. The van der Waals surface area contributed by atoms with Gasteiger partial charge in [0.2, 0.25) is 5.91 Å². The highest BCUT2D eigenvalue weighted by atomic mass is 16.5. The smallest absolute Gasteiger partial charge is 0.251 e. The van der Waals surface area contributed by atoms with Gasteiger partial charge in [0.25, 0.3) is 5.56 Å². The number of rotatable bonds is 5. The standard InChI is InChI=1S/C22H21N3O3/c1-13-8-15-10-16(21(26)25-19(15)9-14(13)2)11-17(12-23)22(27)24-18-6-4-5-7-20(18)28-3/h4-10,17H,11H2,1-3H3,(H,24,27)(H,25,26). The van der Waals surface area contributed by atoms with Crippen LogP contribution in [-0.2, 0) is 11.2 Å². The Morgan fingerprint density at radius 2 is 1.93 bits per heavy atom. The number of benzene rings is 2. The van der Waals surface area contributed by atoms with Crippen molar-refractivity contribution in [1.29, 1.82) is 5.26 Å². The van der Waals surface area contributed by atoms with Crippen LogP contribution in [0.25, 0.3) is 10.9 Å². The Balaban J connectivity index is 1.87. The highest BCUT2D eigenvalue weighted by Crippen LogP contribution is 2.24. The quantitative estimate of drug-likeness (QED) is 0.714. The molecule has 0 spiro atoms. The van der Waals surface area contributed by atoms with Gasteiger partial charge in [0.15, 0.2) is 0 Å². The van der Waals surface area contributed by atoms with E-state index in [9.17, 15) is 14.9 Å². The van der Waals surface area contributed by atoms with E-state index in [1.807, 2.05) is 32.0 Å². The molecule has 1 heterocycles. The van der Waals surface area contributed by atoms with Crippen LogP contribution in [0.5, 0.6) is 5.75 Å². The molecular formula is C22H21N3O3. The van der Waals surface area contributed by atoms with E-state index in [1.54, 1.807) is 30.3 Å². The Kier molecular flexibility index (Phi) is 5.46. The predicted octanol–water partition coefficient (Wildman–Crippen LogP) is 3.47. The molecule has 1 aromatic heterocycles. The molecule has 0 saturated carbocycles. The maximum absolute atomic E-state index is 12.6. The molecule has 28 heavy (non-hydrogen) atoms. The average molecular weight is 375 g/mol. The Bertz CT molecular complexity index is 1140. The van der Waals surface area contributed by atoms with Gasteiger partial charge in [-0.2, -0.15) is 5.26 Å². The summed E-state index contributed by atoms with van der Waals surface area (Å²) in [6.45, 7) is 3.98. The molecule has 142 valence electrons. The van der Waals surface area contributed by atoms with Crippen molar-refractivity contribution in [2.75, 3.05) is 12.4 Å². The molecule has 0 aliphatic heterocycles. The maximum Gasteiger partial charge on any atom is 0.251 e. The number of aromatic amines is 1. The van der Waals surface area contributed by atoms with Crippen molar-refractivity contribution in [3.8, 4) is 11.8 Å². The molecule has 0 saturated heterocycles. The molecule has 6 nitrogen and oxygen atoms in total. The summed E-state index contributed by atoms with van der Waals surface area (Å²) in [5, 5.41) is 13.1. The van der Waals surface area contributed by atoms with E-state index in [2.05, 4.69) is 10.3 Å². The SMILES string of the molecule is COc1ccccc1NC(=O)C(C#N)Cc1cc2cc(C)c(C)cc2[nH]c1=O. The van der Waals surface area contributed by atoms with E-state index in [4.69, 9.17) is 4.74 Å². The van der Waals surface area contributed by atoms with Crippen LogP contribution in [0.4, 0.5) is 5.69 Å². The number of nitriles is 1. The van der Waals surface area contributed by atoms with Crippen molar-refractivity contribution in [3.63, 3.8) is 0 Å². The molecule has 1 atom stereocenters. The second kappa shape index (κ2) is 7.97. The monoisotopic (exact) mass is 375 g/mol. The van der Waals surface area contributed by atoms with Crippen molar-refractivity contribution >= 4 is 22.5 Å². The zero-order chi connectivity index (χ0) is 20.3. The van der Waals surface area contributed by atoms with Crippen LogP contribution in [0.1, 0.15) is 16.7 Å². The van der Waals surface area contributed by atoms with Crippen molar-refractivity contribution < 1.29 is 9.53 Å². The highest BCUT2D eigenvalue weighted by Gasteiger charge is 2.21. The summed E-state index contributed by atoms with van der Waals surface area (Å²) in [5.41, 5.74) is 3.52. The van der Waals surface area contributed by atoms with E-state index < -0.39 is 11.8 Å². The summed E-state index contributed by atoms with van der Waals surface area (Å²) >= 11 is 0. The normalized spacial score (nSPS) is 11.6. The first kappa shape index (κ1) is 19.2. The predicted molar refractivity (Wildman–Crippen MR) is 108 cm³/mol. The number of nitrogens with zero attached hydrogens (tertiary/aromatic N) is 1. The number of anilines is 1. The number of para-hydroxylation sites is 2. The number of nitrogens with one attached hydrogen (secondary N) is 2. The van der Waals surface area contributed by atoms with Crippen molar-refractivity contribution in [2.45, 2.75) is 20.3 Å². The maximum atomic E-state index is 12.6. The van der Waals surface area contributed by atoms with Crippen LogP contribution in [0.2, 0.25) is 0 Å². The minimum absolute atomic E-state index is 0.0235. The van der Waals surface area contributed by atoms with Crippen LogP contribution < -0.4 is 15.6 Å². The second-order valence-electron chi connectivity index (χ2n) is 6.72. The third-order valence-corrected chi connectivity index (χ3v) is 4.80. The summed E-state index contributed by atoms with van der Waals surface area (Å²) in [6, 6.07) is 14.6. The van der Waals surface area contributed by atoms with Gasteiger partial charge in [0.05, 0.1) is 18.9 Å². The Morgan fingerprint density at radius 1 is 1.21 bits per heavy atom. The molecular weight excluding hydrogens is 354 g/mol. The number of carbonyl (C=O) groups is 1. The first-order valence-electron chi connectivity index (χ1n) is 8.89. The summed E-state index contributed by atoms with van der Waals surface area (Å²) in [4.78, 5) is 27.9. The van der Waals surface area contributed by atoms with Gasteiger partial charge in [-0.1, -0.05) is 12.1 Å². The minimum Gasteiger partial charge on any atom is -0.495 e. The van der Waals surface area contributed by atoms with Gasteiger partial charge in [-0.15, -0.1) is 0 Å². The van der Waals surface area contributed by atoms with Gasteiger partial charge in [-0.3, -0.25) is 9.59 Å². The number of hydrogen-bond acceptors (Lipinski definition) is 4. The molecule has 6 heteroatoms. The Labute approximate surface area is 162 Å². The largest absolute Gasteiger partial charge is 0.495 e. The Hall–Kier alpha value is -3.59. The third kappa shape index (κ3) is 3.89. The van der Waals surface area contributed by atoms with Crippen LogP contribution in [0.3, 0.4) is 0 Å². The molecule has 3 aromatic rings. The van der Waals surface area contributed by atoms with Crippen LogP contribution in [0, 0.1) is 31.1 Å². The van der Waals surface area contributed by atoms with Crippen LogP contribution >= 0.6 is 0 Å². The summed E-state index contributed by atoms with van der Waals surface area (Å²) in [6.07, 6.45) is 0.0235. The number of ether oxygens (including phenoxy) is 1. The highest BCUT2D eigenvalue weighted by molar-refractivity contribution is 5.95. The van der Waals surface area contributed by atoms with Gasteiger partial charge < -0.3 is 15.0 Å². The van der Waals surface area contributed by atoms with E-state index in [1.165, 1.54) is 7.11 Å². The first-order valence-corrected chi connectivity index (χ1v) is 8.89. The molecule has 1 amide bonds. The van der Waals surface area contributed by atoms with Crippen molar-refractivity contribution in [3.05, 3.63) is 69.5 Å². The number of H-pyrrole nitrogens is 1. The zero-order valence-corrected chi connectivity index (χ0v) is 16.0. The van der Waals surface area contributed by atoms with Gasteiger partial charge in [-0.05, 0) is 60.7 Å². The average Bonchev–Trinajstić information content (AvgIpc) is 2.68. The minimum atomic E-state index is -1.00. The number of hydrogen-bond donors (Lipinski definition) is 2. The lowest BCUT2D eigenvalue weighted by Crippen LogP contribution is -2.26. The fourth-order valence-corrected chi connectivity index (χ4v) is 3.06. The number of carbonyl (C=O) groups excluding carboxylic acids is 1. The number of fused-ring (bicyclic) bond motifs is 1. The molecule has 2 N–H and O–H groups in total. The molecule has 0 bridgehead atoms. The van der Waals surface area contributed by atoms with Crippen molar-refractivity contribution in [1.82, 2.24) is 4.98 Å². The Morgan fingerprint density at radius 3 is 2.64 bits per heavy atom. The van der Waals surface area contributed by atoms with Gasteiger partial charge in [0, 0.05) is 17.5 Å². The zero-order valence-electron chi connectivity index (χ0n) is 16.0. The molecule has 2 aromatic carbocycles. The number of methoxy groups -OCH3 is 1. The molecule has 3 rings (SSSR count). The van der Waals surface area contributed by atoms with Crippen LogP contribution in [-0.4, -0.2) is 18.0 Å². The molecule has 0 aliphatic carbocycles. The number of amides is 1. The number of aryl methyl sites for hydroxylation is 2. The first-order chi connectivity index (χ1) is 13.4. The fourth-order valence-electron chi connectivity index (χ4n) is 3.06. The summed E-state index contributed by atoms with van der Waals surface area (Å²) in [7, 11) is 1.51. The second-order valence-corrected chi connectivity index (χ2v) is 6.72.